The van der Waals surface area contributed by atoms with Crippen molar-refractivity contribution in [3.05, 3.63) is 29.8 Å². The van der Waals surface area contributed by atoms with Gasteiger partial charge in [0.25, 0.3) is 0 Å². The number of ether oxygens (including phenoxy) is 1. The molecule has 0 aliphatic rings. The lowest BCUT2D eigenvalue weighted by molar-refractivity contribution is -0.189. The first-order valence-corrected chi connectivity index (χ1v) is 6.41. The highest BCUT2D eigenvalue weighted by molar-refractivity contribution is 5.81. The van der Waals surface area contributed by atoms with E-state index in [1.54, 1.807) is 21.1 Å². The molecule has 8 heteroatoms. The van der Waals surface area contributed by atoms with E-state index in [1.165, 1.54) is 29.2 Å². The van der Waals surface area contributed by atoms with Crippen molar-refractivity contribution in [3.63, 3.8) is 0 Å². The highest BCUT2D eigenvalue weighted by atomic mass is 19.4. The van der Waals surface area contributed by atoms with Gasteiger partial charge in [-0.2, -0.15) is 13.2 Å². The zero-order chi connectivity index (χ0) is 16.9. The van der Waals surface area contributed by atoms with E-state index in [2.05, 4.69) is 10.1 Å². The van der Waals surface area contributed by atoms with Crippen molar-refractivity contribution in [1.29, 1.82) is 0 Å². The average Bonchev–Trinajstić information content (AvgIpc) is 2.44. The number of nitrogens with zero attached hydrogens (tertiary/aromatic N) is 1. The molecule has 0 saturated carbocycles. The summed E-state index contributed by atoms with van der Waals surface area (Å²) in [6, 6.07) is 5.08. The number of halogens is 3. The number of alkyl halides is 3. The molecule has 0 fully saturated rings. The minimum Gasteiger partial charge on any atom is -0.420 e. The number of amides is 1. The van der Waals surface area contributed by atoms with Gasteiger partial charge >= 0.3 is 12.1 Å². The van der Waals surface area contributed by atoms with Crippen LogP contribution in [0.4, 0.5) is 13.2 Å². The van der Waals surface area contributed by atoms with Crippen LogP contribution in [-0.2, 0) is 16.0 Å². The number of hydrogen-bond donors (Lipinski definition) is 1. The van der Waals surface area contributed by atoms with Crippen LogP contribution in [0.2, 0.25) is 0 Å². The number of carbonyl (C=O) groups is 2. The predicted molar refractivity (Wildman–Crippen MR) is 73.4 cm³/mol. The third-order valence-corrected chi connectivity index (χ3v) is 2.89. The van der Waals surface area contributed by atoms with Crippen LogP contribution in [0.25, 0.3) is 0 Å². The Labute approximate surface area is 126 Å². The highest BCUT2D eigenvalue weighted by Gasteiger charge is 2.41. The lowest BCUT2D eigenvalue weighted by Gasteiger charge is -2.20. The Bertz CT molecular complexity index is 527. The van der Waals surface area contributed by atoms with Gasteiger partial charge in [0.05, 0.1) is 6.04 Å². The summed E-state index contributed by atoms with van der Waals surface area (Å²) in [6.45, 7) is 0. The number of nitrogens with one attached hydrogen (secondary N) is 1. The molecule has 22 heavy (non-hydrogen) atoms. The standard InChI is InChI=1S/C14H17F3N2O3/c1-18-11(12(20)19(2)3)8-9-4-6-10(7-5-9)22-13(21)14(15,16)17/h4-7,11,18H,8H2,1-3H3/t11-/m0/s1. The van der Waals surface area contributed by atoms with Crippen molar-refractivity contribution in [3.8, 4) is 5.75 Å². The van der Waals surface area contributed by atoms with Gasteiger partial charge in [0, 0.05) is 14.1 Å². The number of benzene rings is 1. The molecule has 0 aliphatic heterocycles. The van der Waals surface area contributed by atoms with Crippen molar-refractivity contribution >= 4 is 11.9 Å². The van der Waals surface area contributed by atoms with Gasteiger partial charge in [0.1, 0.15) is 5.75 Å². The van der Waals surface area contributed by atoms with E-state index in [-0.39, 0.29) is 11.7 Å². The molecule has 5 nitrogen and oxygen atoms in total. The predicted octanol–water partition coefficient (Wildman–Crippen LogP) is 1.37. The van der Waals surface area contributed by atoms with Crippen molar-refractivity contribution < 1.29 is 27.5 Å². The molecule has 0 saturated heterocycles. The normalized spacial score (nSPS) is 12.6. The molecule has 1 amide bonds. The second kappa shape index (κ2) is 7.26. The van der Waals surface area contributed by atoms with Crippen molar-refractivity contribution in [2.45, 2.75) is 18.6 Å². The Morgan fingerprint density at radius 2 is 1.77 bits per heavy atom. The van der Waals surface area contributed by atoms with Gasteiger partial charge in [0.15, 0.2) is 0 Å². The molecular formula is C14H17F3N2O3. The highest BCUT2D eigenvalue weighted by Crippen LogP contribution is 2.20. The van der Waals surface area contributed by atoms with Crippen LogP contribution in [-0.4, -0.2) is 50.1 Å². The number of rotatable bonds is 5. The van der Waals surface area contributed by atoms with E-state index >= 15 is 0 Å². The summed E-state index contributed by atoms with van der Waals surface area (Å²) < 4.78 is 40.4. The quantitative estimate of drug-likeness (QED) is 0.658. The summed E-state index contributed by atoms with van der Waals surface area (Å²) in [7, 11) is 4.91. The Morgan fingerprint density at radius 3 is 2.18 bits per heavy atom. The second-order valence-electron chi connectivity index (χ2n) is 4.81. The molecule has 0 aromatic heterocycles. The van der Waals surface area contributed by atoms with Crippen LogP contribution in [0.3, 0.4) is 0 Å². The van der Waals surface area contributed by atoms with Gasteiger partial charge in [-0.25, -0.2) is 4.79 Å². The minimum atomic E-state index is -5.03. The Hall–Kier alpha value is -2.09. The second-order valence-corrected chi connectivity index (χ2v) is 4.81. The fourth-order valence-electron chi connectivity index (χ4n) is 1.72. The van der Waals surface area contributed by atoms with Gasteiger partial charge in [-0.15, -0.1) is 0 Å². The smallest absolute Gasteiger partial charge is 0.420 e. The Morgan fingerprint density at radius 1 is 1.23 bits per heavy atom. The molecule has 0 aliphatic carbocycles. The average molecular weight is 318 g/mol. The van der Waals surface area contributed by atoms with Gasteiger partial charge in [0.2, 0.25) is 5.91 Å². The zero-order valence-electron chi connectivity index (χ0n) is 12.4. The number of likely N-dealkylation sites (N-methyl/N-ethyl adjacent to an activating group) is 2. The SMILES string of the molecule is CN[C@@H](Cc1ccc(OC(=O)C(F)(F)F)cc1)C(=O)N(C)C. The molecule has 0 unspecified atom stereocenters. The van der Waals surface area contributed by atoms with Crippen LogP contribution in [0.5, 0.6) is 5.75 Å². The lowest BCUT2D eigenvalue weighted by Crippen LogP contribution is -2.43. The summed E-state index contributed by atoms with van der Waals surface area (Å²) in [5.41, 5.74) is 0.723. The lowest BCUT2D eigenvalue weighted by atomic mass is 10.1. The van der Waals surface area contributed by atoms with E-state index in [0.29, 0.717) is 6.42 Å². The zero-order valence-corrected chi connectivity index (χ0v) is 12.4. The third kappa shape index (κ3) is 5.03. The van der Waals surface area contributed by atoms with Crippen LogP contribution < -0.4 is 10.1 Å². The van der Waals surface area contributed by atoms with E-state index in [4.69, 9.17) is 0 Å². The topological polar surface area (TPSA) is 58.6 Å². The van der Waals surface area contributed by atoms with E-state index in [9.17, 15) is 22.8 Å². The van der Waals surface area contributed by atoms with Crippen LogP contribution in [0.1, 0.15) is 5.56 Å². The van der Waals surface area contributed by atoms with Crippen molar-refractivity contribution in [1.82, 2.24) is 10.2 Å². The molecule has 0 spiro atoms. The summed E-state index contributed by atoms with van der Waals surface area (Å²) in [5.74, 6) is -2.59. The molecule has 0 bridgehead atoms. The van der Waals surface area contributed by atoms with E-state index in [1.807, 2.05) is 0 Å². The maximum absolute atomic E-state index is 12.1. The largest absolute Gasteiger partial charge is 0.491 e. The van der Waals surface area contributed by atoms with Crippen LogP contribution in [0, 0.1) is 0 Å². The molecule has 0 heterocycles. The number of hydrogen-bond acceptors (Lipinski definition) is 4. The molecule has 0 radical (unpaired) electrons. The van der Waals surface area contributed by atoms with E-state index < -0.39 is 18.2 Å². The fourth-order valence-corrected chi connectivity index (χ4v) is 1.72. The first-order chi connectivity index (χ1) is 10.1. The van der Waals surface area contributed by atoms with Crippen LogP contribution in [0.15, 0.2) is 24.3 Å². The first kappa shape index (κ1) is 18.0. The molecule has 1 rings (SSSR count). The molecule has 1 N–H and O–H groups in total. The maximum Gasteiger partial charge on any atom is 0.491 e. The molecule has 1 aromatic carbocycles. The Kier molecular flexibility index (Phi) is 5.92. The summed E-state index contributed by atoms with van der Waals surface area (Å²) in [4.78, 5) is 24.0. The summed E-state index contributed by atoms with van der Waals surface area (Å²) in [6.07, 6.45) is -4.67. The Balaban J connectivity index is 2.72. The molecule has 1 aromatic rings. The van der Waals surface area contributed by atoms with Crippen molar-refractivity contribution in [2.75, 3.05) is 21.1 Å². The fraction of sp³-hybridized carbons (Fsp3) is 0.429. The monoisotopic (exact) mass is 318 g/mol. The van der Waals surface area contributed by atoms with E-state index in [0.717, 1.165) is 5.56 Å². The number of carbonyl (C=O) groups excluding carboxylic acids is 2. The van der Waals surface area contributed by atoms with Gasteiger partial charge in [-0.05, 0) is 31.2 Å². The molecule has 122 valence electrons. The van der Waals surface area contributed by atoms with Gasteiger partial charge in [-0.1, -0.05) is 12.1 Å². The minimum absolute atomic E-state index is 0.116. The maximum atomic E-state index is 12.1. The van der Waals surface area contributed by atoms with Crippen LogP contribution >= 0.6 is 0 Å². The first-order valence-electron chi connectivity index (χ1n) is 6.41. The molecular weight excluding hydrogens is 301 g/mol. The molecule has 1 atom stereocenters. The summed E-state index contributed by atoms with van der Waals surface area (Å²) in [5, 5.41) is 2.87. The van der Waals surface area contributed by atoms with Gasteiger partial charge < -0.3 is 15.0 Å². The van der Waals surface area contributed by atoms with Gasteiger partial charge in [-0.3, -0.25) is 4.79 Å². The summed E-state index contributed by atoms with van der Waals surface area (Å²) >= 11 is 0. The van der Waals surface area contributed by atoms with Crippen molar-refractivity contribution in [2.24, 2.45) is 0 Å². The number of esters is 1. The third-order valence-electron chi connectivity index (χ3n) is 2.89.